The van der Waals surface area contributed by atoms with Crippen LogP contribution in [0, 0.1) is 12.8 Å². The summed E-state index contributed by atoms with van der Waals surface area (Å²) in [6.07, 6.45) is -0.319. The molecule has 1 fully saturated rings. The van der Waals surface area contributed by atoms with Crippen LogP contribution < -0.4 is 5.32 Å². The lowest BCUT2D eigenvalue weighted by Crippen LogP contribution is -2.29. The Hall–Kier alpha value is -1.46. The monoisotopic (exact) mass is 286 g/mol. The number of aromatic nitrogens is 1. The van der Waals surface area contributed by atoms with Crippen LogP contribution in [-0.4, -0.2) is 16.8 Å². The van der Waals surface area contributed by atoms with Crippen LogP contribution in [0.5, 0.6) is 0 Å². The molecule has 1 N–H and O–H groups in total. The number of rotatable bonds is 4. The van der Waals surface area contributed by atoms with Gasteiger partial charge in [-0.2, -0.15) is 0 Å². The average Bonchev–Trinajstić information content (AvgIpc) is 2.89. The third-order valence-corrected chi connectivity index (χ3v) is 3.60. The number of hydrogen-bond acceptors (Lipinski definition) is 3. The van der Waals surface area contributed by atoms with Crippen molar-refractivity contribution < 1.29 is 18.0 Å². The minimum atomic E-state index is -2.70. The van der Waals surface area contributed by atoms with Crippen LogP contribution >= 0.6 is 0 Å². The van der Waals surface area contributed by atoms with Crippen molar-refractivity contribution in [3.05, 3.63) is 17.3 Å². The van der Waals surface area contributed by atoms with Crippen LogP contribution in [0.25, 0.3) is 0 Å². The van der Waals surface area contributed by atoms with Gasteiger partial charge in [0, 0.05) is 24.7 Å². The van der Waals surface area contributed by atoms with Crippen molar-refractivity contribution in [1.29, 1.82) is 0 Å². The minimum Gasteiger partial charge on any atom is -0.443 e. The van der Waals surface area contributed by atoms with E-state index in [9.17, 15) is 13.6 Å². The first-order chi connectivity index (χ1) is 9.28. The quantitative estimate of drug-likeness (QED) is 0.925. The molecule has 0 bridgehead atoms. The van der Waals surface area contributed by atoms with E-state index in [1.807, 2.05) is 13.8 Å². The summed E-state index contributed by atoms with van der Waals surface area (Å²) in [5, 5.41) is 2.67. The Morgan fingerprint density at radius 1 is 1.55 bits per heavy atom. The molecule has 1 aliphatic carbocycles. The maximum Gasteiger partial charge on any atom is 0.248 e. The Bertz CT molecular complexity index is 497. The number of oxazole rings is 1. The highest BCUT2D eigenvalue weighted by Crippen LogP contribution is 2.38. The normalized spacial score (nSPS) is 21.4. The second-order valence-electron chi connectivity index (χ2n) is 5.73. The van der Waals surface area contributed by atoms with Gasteiger partial charge in [-0.3, -0.25) is 4.79 Å². The van der Waals surface area contributed by atoms with Gasteiger partial charge in [-0.1, -0.05) is 13.8 Å². The summed E-state index contributed by atoms with van der Waals surface area (Å²) in [4.78, 5) is 16.1. The zero-order valence-corrected chi connectivity index (χ0v) is 12.0. The highest BCUT2D eigenvalue weighted by Gasteiger charge is 2.42. The number of hydrogen-bond donors (Lipinski definition) is 1. The van der Waals surface area contributed by atoms with Gasteiger partial charge in [-0.05, 0) is 13.3 Å². The lowest BCUT2D eigenvalue weighted by molar-refractivity contribution is -0.126. The summed E-state index contributed by atoms with van der Waals surface area (Å²) < 4.78 is 31.7. The number of nitrogens with zero attached hydrogens (tertiary/aromatic N) is 1. The standard InChI is InChI=1S/C14H20F2N2O2/c1-8(2)13-18-9(3)11(20-13)7-17-12(19)10-4-5-14(15,16)6-10/h8,10H,4-7H2,1-3H3,(H,17,19). The van der Waals surface area contributed by atoms with Crippen molar-refractivity contribution >= 4 is 5.91 Å². The molecule has 6 heteroatoms. The second kappa shape index (κ2) is 5.50. The first-order valence-electron chi connectivity index (χ1n) is 6.90. The molecule has 1 heterocycles. The summed E-state index contributed by atoms with van der Waals surface area (Å²) in [6, 6.07) is 0. The second-order valence-corrected chi connectivity index (χ2v) is 5.73. The molecule has 1 saturated carbocycles. The molecular weight excluding hydrogens is 266 g/mol. The number of halogens is 2. The Labute approximate surface area is 116 Å². The van der Waals surface area contributed by atoms with E-state index in [4.69, 9.17) is 4.42 Å². The molecule has 20 heavy (non-hydrogen) atoms. The Morgan fingerprint density at radius 2 is 2.25 bits per heavy atom. The molecule has 112 valence electrons. The summed E-state index contributed by atoms with van der Waals surface area (Å²) in [6.45, 7) is 5.94. The van der Waals surface area contributed by atoms with Gasteiger partial charge < -0.3 is 9.73 Å². The Kier molecular flexibility index (Phi) is 4.11. The van der Waals surface area contributed by atoms with Gasteiger partial charge in [0.05, 0.1) is 12.2 Å². The maximum atomic E-state index is 13.1. The number of aryl methyl sites for hydroxylation is 1. The number of alkyl halides is 2. The zero-order chi connectivity index (χ0) is 14.9. The number of amides is 1. The van der Waals surface area contributed by atoms with Crippen LogP contribution in [0.1, 0.15) is 56.4 Å². The fourth-order valence-corrected chi connectivity index (χ4v) is 2.35. The number of carbonyl (C=O) groups excluding carboxylic acids is 1. The van der Waals surface area contributed by atoms with Gasteiger partial charge in [0.2, 0.25) is 11.8 Å². The lowest BCUT2D eigenvalue weighted by Gasteiger charge is -2.10. The van der Waals surface area contributed by atoms with Crippen molar-refractivity contribution in [2.75, 3.05) is 0 Å². The summed E-state index contributed by atoms with van der Waals surface area (Å²) in [7, 11) is 0. The third kappa shape index (κ3) is 3.35. The minimum absolute atomic E-state index is 0.173. The van der Waals surface area contributed by atoms with E-state index in [-0.39, 0.29) is 37.6 Å². The smallest absolute Gasteiger partial charge is 0.248 e. The molecule has 1 aromatic heterocycles. The fraction of sp³-hybridized carbons (Fsp3) is 0.714. The fourth-order valence-electron chi connectivity index (χ4n) is 2.35. The van der Waals surface area contributed by atoms with Gasteiger partial charge in [0.1, 0.15) is 5.76 Å². The Balaban J connectivity index is 1.91. The molecular formula is C14H20F2N2O2. The summed E-state index contributed by atoms with van der Waals surface area (Å²) in [5.74, 6) is -2.24. The third-order valence-electron chi connectivity index (χ3n) is 3.60. The van der Waals surface area contributed by atoms with E-state index in [0.717, 1.165) is 5.69 Å². The number of nitrogens with one attached hydrogen (secondary N) is 1. The van der Waals surface area contributed by atoms with Crippen molar-refractivity contribution in [3.63, 3.8) is 0 Å². The first kappa shape index (κ1) is 14.9. The van der Waals surface area contributed by atoms with Gasteiger partial charge in [-0.15, -0.1) is 0 Å². The van der Waals surface area contributed by atoms with Crippen molar-refractivity contribution in [3.8, 4) is 0 Å². The molecule has 2 rings (SSSR count). The molecule has 0 aromatic carbocycles. The molecule has 1 amide bonds. The largest absolute Gasteiger partial charge is 0.443 e. The summed E-state index contributed by atoms with van der Waals surface area (Å²) >= 11 is 0. The number of carbonyl (C=O) groups is 1. The highest BCUT2D eigenvalue weighted by molar-refractivity contribution is 5.79. The van der Waals surface area contributed by atoms with E-state index in [2.05, 4.69) is 10.3 Å². The van der Waals surface area contributed by atoms with E-state index in [0.29, 0.717) is 11.7 Å². The zero-order valence-electron chi connectivity index (χ0n) is 12.0. The van der Waals surface area contributed by atoms with Crippen molar-refractivity contribution in [2.24, 2.45) is 5.92 Å². The van der Waals surface area contributed by atoms with Gasteiger partial charge >= 0.3 is 0 Å². The molecule has 0 saturated heterocycles. The first-order valence-corrected chi connectivity index (χ1v) is 6.90. The molecule has 0 radical (unpaired) electrons. The van der Waals surface area contributed by atoms with Gasteiger partial charge in [0.25, 0.3) is 0 Å². The molecule has 1 atom stereocenters. The maximum absolute atomic E-state index is 13.1. The van der Waals surface area contributed by atoms with E-state index in [1.165, 1.54) is 0 Å². The SMILES string of the molecule is Cc1nc(C(C)C)oc1CNC(=O)C1CCC(F)(F)C1. The summed E-state index contributed by atoms with van der Waals surface area (Å²) in [5.41, 5.74) is 0.728. The molecule has 0 aliphatic heterocycles. The van der Waals surface area contributed by atoms with Crippen LogP contribution in [0.4, 0.5) is 8.78 Å². The predicted octanol–water partition coefficient (Wildman–Crippen LogP) is 3.16. The van der Waals surface area contributed by atoms with Crippen LogP contribution in [0.2, 0.25) is 0 Å². The molecule has 1 aliphatic rings. The van der Waals surface area contributed by atoms with Crippen molar-refractivity contribution in [2.45, 2.75) is 58.4 Å². The van der Waals surface area contributed by atoms with E-state index < -0.39 is 11.8 Å². The Morgan fingerprint density at radius 3 is 2.75 bits per heavy atom. The molecule has 0 spiro atoms. The lowest BCUT2D eigenvalue weighted by atomic mass is 10.1. The van der Waals surface area contributed by atoms with E-state index in [1.54, 1.807) is 6.92 Å². The van der Waals surface area contributed by atoms with E-state index >= 15 is 0 Å². The highest BCUT2D eigenvalue weighted by atomic mass is 19.3. The van der Waals surface area contributed by atoms with Gasteiger partial charge in [-0.25, -0.2) is 13.8 Å². The van der Waals surface area contributed by atoms with Crippen LogP contribution in [-0.2, 0) is 11.3 Å². The average molecular weight is 286 g/mol. The topological polar surface area (TPSA) is 55.1 Å². The molecule has 4 nitrogen and oxygen atoms in total. The van der Waals surface area contributed by atoms with Gasteiger partial charge in [0.15, 0.2) is 5.89 Å². The molecule has 1 aromatic rings. The molecule has 1 unspecified atom stereocenters. The van der Waals surface area contributed by atoms with Crippen LogP contribution in [0.3, 0.4) is 0 Å². The van der Waals surface area contributed by atoms with Crippen molar-refractivity contribution in [1.82, 2.24) is 10.3 Å². The predicted molar refractivity (Wildman–Crippen MR) is 69.5 cm³/mol. The van der Waals surface area contributed by atoms with Crippen LogP contribution in [0.15, 0.2) is 4.42 Å².